The molecule has 0 fully saturated rings. The van der Waals surface area contributed by atoms with Crippen LogP contribution in [0, 0.1) is 0 Å². The zero-order valence-electron chi connectivity index (χ0n) is 11.5. The van der Waals surface area contributed by atoms with Crippen molar-refractivity contribution in [2.24, 2.45) is 0 Å². The summed E-state index contributed by atoms with van der Waals surface area (Å²) in [5.74, 6) is -1.26. The SMILES string of the molecule is C=CCN(CC(=O)O)C(=O)c1ccc2c(c1)CCCC2. The van der Waals surface area contributed by atoms with Crippen LogP contribution in [0.5, 0.6) is 0 Å². The number of rotatable bonds is 5. The average Bonchev–Trinajstić information content (AvgIpc) is 2.45. The van der Waals surface area contributed by atoms with Gasteiger partial charge in [-0.1, -0.05) is 12.1 Å². The van der Waals surface area contributed by atoms with Crippen LogP contribution in [0.4, 0.5) is 0 Å². The van der Waals surface area contributed by atoms with Crippen molar-refractivity contribution in [3.05, 3.63) is 47.5 Å². The molecule has 106 valence electrons. The van der Waals surface area contributed by atoms with Gasteiger partial charge in [0.1, 0.15) is 6.54 Å². The molecule has 2 rings (SSSR count). The second-order valence-corrected chi connectivity index (χ2v) is 5.06. The number of carbonyl (C=O) groups excluding carboxylic acids is 1. The molecule has 1 aliphatic carbocycles. The summed E-state index contributed by atoms with van der Waals surface area (Å²) in [5, 5.41) is 8.87. The van der Waals surface area contributed by atoms with Gasteiger partial charge in [-0.3, -0.25) is 9.59 Å². The number of fused-ring (bicyclic) bond motifs is 1. The smallest absolute Gasteiger partial charge is 0.323 e. The largest absolute Gasteiger partial charge is 0.480 e. The van der Waals surface area contributed by atoms with Crippen molar-refractivity contribution in [3.8, 4) is 0 Å². The fourth-order valence-electron chi connectivity index (χ4n) is 2.59. The van der Waals surface area contributed by atoms with Gasteiger partial charge in [0.25, 0.3) is 5.91 Å². The number of aryl methyl sites for hydroxylation is 2. The molecule has 0 unspecified atom stereocenters. The third kappa shape index (κ3) is 3.26. The van der Waals surface area contributed by atoms with Crippen LogP contribution < -0.4 is 0 Å². The zero-order chi connectivity index (χ0) is 14.5. The Balaban J connectivity index is 2.22. The lowest BCUT2D eigenvalue weighted by molar-refractivity contribution is -0.137. The number of amides is 1. The number of hydrogen-bond acceptors (Lipinski definition) is 2. The van der Waals surface area contributed by atoms with Gasteiger partial charge in [-0.25, -0.2) is 0 Å². The maximum absolute atomic E-state index is 12.4. The van der Waals surface area contributed by atoms with Crippen molar-refractivity contribution in [1.29, 1.82) is 0 Å². The number of nitrogens with zero attached hydrogens (tertiary/aromatic N) is 1. The molecule has 0 heterocycles. The summed E-state index contributed by atoms with van der Waals surface area (Å²) in [5.41, 5.74) is 3.09. The first kappa shape index (κ1) is 14.3. The molecule has 0 saturated heterocycles. The lowest BCUT2D eigenvalue weighted by Gasteiger charge is -2.21. The Morgan fingerprint density at radius 3 is 2.60 bits per heavy atom. The fourth-order valence-corrected chi connectivity index (χ4v) is 2.59. The van der Waals surface area contributed by atoms with Crippen LogP contribution >= 0.6 is 0 Å². The van der Waals surface area contributed by atoms with Gasteiger partial charge in [0.05, 0.1) is 0 Å². The first-order valence-corrected chi connectivity index (χ1v) is 6.85. The molecule has 4 heteroatoms. The summed E-state index contributed by atoms with van der Waals surface area (Å²) in [4.78, 5) is 24.5. The molecule has 1 aliphatic rings. The third-order valence-corrected chi connectivity index (χ3v) is 3.56. The monoisotopic (exact) mass is 273 g/mol. The van der Waals surface area contributed by atoms with Gasteiger partial charge in [-0.05, 0) is 48.9 Å². The van der Waals surface area contributed by atoms with E-state index in [4.69, 9.17) is 5.11 Å². The summed E-state index contributed by atoms with van der Waals surface area (Å²) in [6, 6.07) is 5.70. The van der Waals surface area contributed by atoms with Crippen LogP contribution in [-0.2, 0) is 17.6 Å². The lowest BCUT2D eigenvalue weighted by atomic mass is 9.90. The molecule has 1 aromatic rings. The number of hydrogen-bond donors (Lipinski definition) is 1. The van der Waals surface area contributed by atoms with Gasteiger partial charge < -0.3 is 10.0 Å². The molecule has 1 N–H and O–H groups in total. The first-order chi connectivity index (χ1) is 9.61. The van der Waals surface area contributed by atoms with Crippen molar-refractivity contribution in [3.63, 3.8) is 0 Å². The Kier molecular flexibility index (Phi) is 4.56. The maximum atomic E-state index is 12.4. The highest BCUT2D eigenvalue weighted by Crippen LogP contribution is 2.22. The van der Waals surface area contributed by atoms with Gasteiger partial charge >= 0.3 is 5.97 Å². The van der Waals surface area contributed by atoms with E-state index in [9.17, 15) is 9.59 Å². The standard InChI is InChI=1S/C16H19NO3/c1-2-9-17(11-15(18)19)16(20)14-8-7-12-5-3-4-6-13(12)10-14/h2,7-8,10H,1,3-6,9,11H2,(H,18,19). The maximum Gasteiger partial charge on any atom is 0.323 e. The molecule has 0 bridgehead atoms. The summed E-state index contributed by atoms with van der Waals surface area (Å²) in [6.45, 7) is 3.50. The molecule has 1 aromatic carbocycles. The van der Waals surface area contributed by atoms with Crippen LogP contribution in [0.3, 0.4) is 0 Å². The van der Waals surface area contributed by atoms with Gasteiger partial charge in [0.2, 0.25) is 0 Å². The van der Waals surface area contributed by atoms with E-state index in [1.54, 1.807) is 12.1 Å². The van der Waals surface area contributed by atoms with Crippen LogP contribution in [-0.4, -0.2) is 35.0 Å². The van der Waals surface area contributed by atoms with E-state index < -0.39 is 5.97 Å². The summed E-state index contributed by atoms with van der Waals surface area (Å²) >= 11 is 0. The average molecular weight is 273 g/mol. The molecule has 0 aromatic heterocycles. The zero-order valence-corrected chi connectivity index (χ0v) is 11.5. The van der Waals surface area contributed by atoms with Gasteiger partial charge in [0, 0.05) is 12.1 Å². The normalized spacial score (nSPS) is 13.4. The molecule has 0 atom stereocenters. The molecule has 0 spiro atoms. The van der Waals surface area contributed by atoms with Gasteiger partial charge in [-0.15, -0.1) is 6.58 Å². The van der Waals surface area contributed by atoms with E-state index in [1.807, 2.05) is 12.1 Å². The van der Waals surface area contributed by atoms with E-state index in [0.717, 1.165) is 19.3 Å². The minimum Gasteiger partial charge on any atom is -0.480 e. The summed E-state index contributed by atoms with van der Waals surface area (Å²) in [7, 11) is 0. The van der Waals surface area contributed by atoms with Crippen molar-refractivity contribution in [2.75, 3.05) is 13.1 Å². The predicted octanol–water partition coefficient (Wildman–Crippen LogP) is 2.28. The first-order valence-electron chi connectivity index (χ1n) is 6.85. The van der Waals surface area contributed by atoms with Crippen molar-refractivity contribution >= 4 is 11.9 Å². The number of carboxylic acid groups (broad SMARTS) is 1. The minimum absolute atomic E-state index is 0.238. The quantitative estimate of drug-likeness (QED) is 0.837. The van der Waals surface area contributed by atoms with E-state index in [0.29, 0.717) is 5.56 Å². The minimum atomic E-state index is -1.02. The van der Waals surface area contributed by atoms with Crippen molar-refractivity contribution in [2.45, 2.75) is 25.7 Å². The summed E-state index contributed by atoms with van der Waals surface area (Å²) in [6.07, 6.45) is 5.95. The molecule has 20 heavy (non-hydrogen) atoms. The Labute approximate surface area is 118 Å². The number of carboxylic acids is 1. The molecule has 4 nitrogen and oxygen atoms in total. The van der Waals surface area contributed by atoms with E-state index in [1.165, 1.54) is 22.4 Å². The molecule has 0 radical (unpaired) electrons. The topological polar surface area (TPSA) is 57.6 Å². The number of carbonyl (C=O) groups is 2. The Bertz CT molecular complexity index is 537. The van der Waals surface area contributed by atoms with Crippen LogP contribution in [0.2, 0.25) is 0 Å². The second kappa shape index (κ2) is 6.37. The lowest BCUT2D eigenvalue weighted by Crippen LogP contribution is -2.35. The molecule has 0 saturated carbocycles. The molecule has 1 amide bonds. The second-order valence-electron chi connectivity index (χ2n) is 5.06. The van der Waals surface area contributed by atoms with Crippen LogP contribution in [0.1, 0.15) is 34.3 Å². The highest BCUT2D eigenvalue weighted by atomic mass is 16.4. The molecule has 0 aliphatic heterocycles. The van der Waals surface area contributed by atoms with Crippen LogP contribution in [0.25, 0.3) is 0 Å². The van der Waals surface area contributed by atoms with Crippen molar-refractivity contribution in [1.82, 2.24) is 4.90 Å². The van der Waals surface area contributed by atoms with E-state index in [2.05, 4.69) is 6.58 Å². The predicted molar refractivity (Wildman–Crippen MR) is 76.8 cm³/mol. The fraction of sp³-hybridized carbons (Fsp3) is 0.375. The Hall–Kier alpha value is -2.10. The van der Waals surface area contributed by atoms with Crippen molar-refractivity contribution < 1.29 is 14.7 Å². The Morgan fingerprint density at radius 1 is 1.25 bits per heavy atom. The number of benzene rings is 1. The van der Waals surface area contributed by atoms with Crippen LogP contribution in [0.15, 0.2) is 30.9 Å². The highest BCUT2D eigenvalue weighted by molar-refractivity contribution is 5.96. The van der Waals surface area contributed by atoms with E-state index >= 15 is 0 Å². The Morgan fingerprint density at radius 2 is 1.95 bits per heavy atom. The summed E-state index contributed by atoms with van der Waals surface area (Å²) < 4.78 is 0. The highest BCUT2D eigenvalue weighted by Gasteiger charge is 2.19. The third-order valence-electron chi connectivity index (χ3n) is 3.56. The molecular weight excluding hydrogens is 254 g/mol. The molecular formula is C16H19NO3. The van der Waals surface area contributed by atoms with Gasteiger partial charge in [-0.2, -0.15) is 0 Å². The number of aliphatic carboxylic acids is 1. The van der Waals surface area contributed by atoms with E-state index in [-0.39, 0.29) is 19.0 Å². The van der Waals surface area contributed by atoms with Gasteiger partial charge in [0.15, 0.2) is 0 Å².